The smallest absolute Gasteiger partial charge is 0.388 e. The molecule has 2 fully saturated rings. The number of ether oxygens (including phenoxy) is 2. The Morgan fingerprint density at radius 3 is 2.79 bits per heavy atom. The summed E-state index contributed by atoms with van der Waals surface area (Å²) in [5, 5.41) is 10.5. The molecule has 1 radical (unpaired) electrons. The van der Waals surface area contributed by atoms with Gasteiger partial charge in [0.2, 0.25) is 0 Å². The highest BCUT2D eigenvalue weighted by atomic mass is 31.2. The van der Waals surface area contributed by atoms with Crippen LogP contribution in [-0.2, 0) is 27.6 Å². The van der Waals surface area contributed by atoms with Crippen LogP contribution in [0.3, 0.4) is 0 Å². The number of fused-ring (bicyclic) bond motifs is 1. The number of nitrogens with two attached hydrogens (primary N) is 2. The number of rotatable bonds is 9. The lowest BCUT2D eigenvalue weighted by molar-refractivity contribution is -0.0539. The number of phosphoric acid groups is 1. The molecule has 8 atom stereocenters. The number of aliphatic hydroxyl groups excluding tert-OH is 1. The van der Waals surface area contributed by atoms with Crippen molar-refractivity contribution in [2.45, 2.75) is 43.3 Å². The van der Waals surface area contributed by atoms with Gasteiger partial charge in [0.15, 0.2) is 17.7 Å². The zero-order chi connectivity index (χ0) is 27.0. The summed E-state index contributed by atoms with van der Waals surface area (Å²) >= 11 is 0. The highest BCUT2D eigenvalue weighted by Crippen LogP contribution is 2.49. The number of nitrogen functional groups attached to an aromatic ring is 2. The predicted molar refractivity (Wildman–Crippen MR) is 132 cm³/mol. The number of aliphatic hydroxyl groups is 1. The first-order valence-electron chi connectivity index (χ1n) is 11.2. The number of aromatic nitrogens is 6. The Kier molecular flexibility index (Phi) is 7.73. The molecular weight excluding hydrogens is 546 g/mol. The van der Waals surface area contributed by atoms with E-state index in [0.717, 1.165) is 0 Å². The van der Waals surface area contributed by atoms with Crippen molar-refractivity contribution in [1.29, 1.82) is 0 Å². The summed E-state index contributed by atoms with van der Waals surface area (Å²) in [6.07, 6.45) is 0.00311. The molecule has 5 heterocycles. The summed E-state index contributed by atoms with van der Waals surface area (Å²) in [5.41, 5.74) is 11.4. The van der Waals surface area contributed by atoms with Crippen LogP contribution in [0.2, 0.25) is 0 Å². The van der Waals surface area contributed by atoms with Crippen LogP contribution in [0.25, 0.3) is 11.2 Å². The van der Waals surface area contributed by atoms with Gasteiger partial charge in [0.1, 0.15) is 42.2 Å². The minimum Gasteiger partial charge on any atom is -0.388 e. The lowest BCUT2D eigenvalue weighted by Gasteiger charge is -2.21. The van der Waals surface area contributed by atoms with E-state index in [1.165, 1.54) is 40.5 Å². The summed E-state index contributed by atoms with van der Waals surface area (Å²) in [4.78, 5) is 38.4. The van der Waals surface area contributed by atoms with Crippen molar-refractivity contribution in [3.63, 3.8) is 0 Å². The molecule has 2 aliphatic heterocycles. The molecule has 19 heteroatoms. The molecule has 17 nitrogen and oxygen atoms in total. The number of anilines is 2. The Balaban J connectivity index is 1.21. The minimum absolute atomic E-state index is 0.0106. The summed E-state index contributed by atoms with van der Waals surface area (Å²) in [6, 6.07) is 1.43. The van der Waals surface area contributed by atoms with E-state index in [1.54, 1.807) is 0 Å². The fraction of sp³-hybridized carbons (Fsp3) is 0.474. The Morgan fingerprint density at radius 2 is 2.03 bits per heavy atom. The summed E-state index contributed by atoms with van der Waals surface area (Å²) < 4.78 is 42.6. The van der Waals surface area contributed by atoms with Crippen LogP contribution in [0, 0.1) is 6.42 Å². The second-order valence-electron chi connectivity index (χ2n) is 8.48. The fourth-order valence-electron chi connectivity index (χ4n) is 4.24. The third-order valence-corrected chi connectivity index (χ3v) is 7.16. The quantitative estimate of drug-likeness (QED) is 0.233. The maximum atomic E-state index is 12.8. The molecular formula is C19H25N8O9P2. The molecule has 0 aliphatic carbocycles. The van der Waals surface area contributed by atoms with E-state index < -0.39 is 57.0 Å². The first kappa shape index (κ1) is 27.0. The second-order valence-corrected chi connectivity index (χ2v) is 10.2. The molecule has 0 amide bonds. The molecule has 205 valence electrons. The third kappa shape index (κ3) is 5.57. The summed E-state index contributed by atoms with van der Waals surface area (Å²) in [5.74, 6) is 0.219. The Morgan fingerprint density at radius 1 is 1.21 bits per heavy atom. The molecule has 2 aliphatic rings. The Labute approximate surface area is 216 Å². The van der Waals surface area contributed by atoms with Crippen molar-refractivity contribution >= 4 is 40.1 Å². The van der Waals surface area contributed by atoms with E-state index in [-0.39, 0.29) is 24.7 Å². The molecule has 6 N–H and O–H groups in total. The van der Waals surface area contributed by atoms with Crippen LogP contribution in [0.4, 0.5) is 11.6 Å². The van der Waals surface area contributed by atoms with Gasteiger partial charge in [0.25, 0.3) is 0 Å². The molecule has 0 saturated carbocycles. The maximum Gasteiger partial charge on any atom is 0.472 e. The van der Waals surface area contributed by atoms with Crippen LogP contribution in [-0.4, -0.2) is 76.7 Å². The lowest BCUT2D eigenvalue weighted by atomic mass is 10.2. The molecule has 5 rings (SSSR count). The van der Waals surface area contributed by atoms with Crippen molar-refractivity contribution < 1.29 is 37.6 Å². The third-order valence-electron chi connectivity index (χ3n) is 5.95. The van der Waals surface area contributed by atoms with Gasteiger partial charge < -0.3 is 35.5 Å². The number of hydrogen-bond donors (Lipinski definition) is 4. The van der Waals surface area contributed by atoms with E-state index in [2.05, 4.69) is 29.4 Å². The SMILES string of the molecule is Nc1ccn([C@H]2C[C@H](OP(=O)(O)OC[C@H]3[CH][C@@H](O)[C@H](n4cnc5c(N)ncnc54)O3)[C@@H](COP)O2)c(=O)n1. The van der Waals surface area contributed by atoms with Crippen molar-refractivity contribution in [3.05, 3.63) is 41.8 Å². The average molecular weight is 571 g/mol. The van der Waals surface area contributed by atoms with Crippen LogP contribution < -0.4 is 17.2 Å². The Hall–Kier alpha value is -2.59. The van der Waals surface area contributed by atoms with Crippen molar-refractivity contribution in [2.24, 2.45) is 0 Å². The number of nitrogens with zero attached hydrogens (tertiary/aromatic N) is 6. The van der Waals surface area contributed by atoms with Gasteiger partial charge in [-0.15, -0.1) is 0 Å². The van der Waals surface area contributed by atoms with E-state index in [9.17, 15) is 19.4 Å². The maximum absolute atomic E-state index is 12.8. The normalized spacial score (nSPS) is 29.1. The summed E-state index contributed by atoms with van der Waals surface area (Å²) in [6.45, 7) is -0.419. The first-order chi connectivity index (χ1) is 18.1. The molecule has 3 aromatic rings. The molecule has 0 aromatic carbocycles. The zero-order valence-electron chi connectivity index (χ0n) is 19.6. The van der Waals surface area contributed by atoms with E-state index >= 15 is 0 Å². The largest absolute Gasteiger partial charge is 0.472 e. The van der Waals surface area contributed by atoms with Gasteiger partial charge in [0.05, 0.1) is 25.6 Å². The van der Waals surface area contributed by atoms with Crippen LogP contribution in [0.1, 0.15) is 18.9 Å². The van der Waals surface area contributed by atoms with Gasteiger partial charge in [0, 0.05) is 28.5 Å². The van der Waals surface area contributed by atoms with Crippen LogP contribution in [0.5, 0.6) is 0 Å². The van der Waals surface area contributed by atoms with Crippen LogP contribution >= 0.6 is 17.3 Å². The highest BCUT2D eigenvalue weighted by Gasteiger charge is 2.43. The molecule has 3 aromatic heterocycles. The monoisotopic (exact) mass is 571 g/mol. The molecule has 0 bridgehead atoms. The second kappa shape index (κ2) is 10.9. The zero-order valence-corrected chi connectivity index (χ0v) is 21.6. The first-order valence-corrected chi connectivity index (χ1v) is 13.2. The molecule has 2 unspecified atom stereocenters. The highest BCUT2D eigenvalue weighted by molar-refractivity contribution is 7.47. The minimum atomic E-state index is -4.64. The number of hydrogen-bond acceptors (Lipinski definition) is 14. The van der Waals surface area contributed by atoms with Gasteiger partial charge >= 0.3 is 13.5 Å². The van der Waals surface area contributed by atoms with Gasteiger partial charge in [-0.25, -0.2) is 24.3 Å². The molecule has 0 spiro atoms. The summed E-state index contributed by atoms with van der Waals surface area (Å²) in [7, 11) is -2.59. The van der Waals surface area contributed by atoms with Gasteiger partial charge in [-0.2, -0.15) is 4.98 Å². The lowest BCUT2D eigenvalue weighted by Crippen LogP contribution is -2.28. The van der Waals surface area contributed by atoms with Crippen LogP contribution in [0.15, 0.2) is 29.7 Å². The van der Waals surface area contributed by atoms with Gasteiger partial charge in [-0.3, -0.25) is 18.2 Å². The average Bonchev–Trinajstić information content (AvgIpc) is 3.55. The number of imidazole rings is 1. The van der Waals surface area contributed by atoms with Crippen molar-refractivity contribution in [1.82, 2.24) is 29.1 Å². The fourth-order valence-corrected chi connectivity index (χ4v) is 5.39. The van der Waals surface area contributed by atoms with Crippen molar-refractivity contribution in [2.75, 3.05) is 24.7 Å². The predicted octanol–water partition coefficient (Wildman–Crippen LogP) is -0.693. The molecule has 2 saturated heterocycles. The molecule has 38 heavy (non-hydrogen) atoms. The van der Waals surface area contributed by atoms with E-state index in [4.69, 9.17) is 34.5 Å². The van der Waals surface area contributed by atoms with E-state index in [1.807, 2.05) is 0 Å². The standard InChI is InChI=1S/C19H25N8O9P2/c20-13-1-2-26(19(29)25-13)14-4-11(12(35-14)6-32-37)36-38(30,31)33-5-9-3-10(28)18(34-9)27-8-24-15-16(21)22-7-23-17(15)27/h1-3,7-12,14,18,28H,4-6,37H2,(H,30,31)(H2,20,25,29)(H2,21,22,23)/t9-,10-,11+,12-,14-,18-/m1/s1. The topological polar surface area (TPSA) is 234 Å². The van der Waals surface area contributed by atoms with Crippen molar-refractivity contribution in [3.8, 4) is 0 Å². The number of phosphoric ester groups is 1. The van der Waals surface area contributed by atoms with Gasteiger partial charge in [-0.1, -0.05) is 0 Å². The van der Waals surface area contributed by atoms with Gasteiger partial charge in [-0.05, 0) is 6.07 Å². The van der Waals surface area contributed by atoms with E-state index in [0.29, 0.717) is 11.2 Å². The Bertz CT molecular complexity index is 1410.